The summed E-state index contributed by atoms with van der Waals surface area (Å²) in [6, 6.07) is 6.42. The molecular weight excluding hydrogens is 250 g/mol. The van der Waals surface area contributed by atoms with Gasteiger partial charge >= 0.3 is 0 Å². The molecule has 0 saturated carbocycles. The zero-order valence-electron chi connectivity index (χ0n) is 9.65. The summed E-state index contributed by atoms with van der Waals surface area (Å²) in [6.45, 7) is 5.42. The van der Waals surface area contributed by atoms with E-state index in [1.54, 1.807) is 0 Å². The van der Waals surface area contributed by atoms with Crippen LogP contribution < -0.4 is 5.32 Å². The van der Waals surface area contributed by atoms with E-state index in [-0.39, 0.29) is 0 Å². The predicted octanol–water partition coefficient (Wildman–Crippen LogP) is 4.75. The van der Waals surface area contributed by atoms with Crippen molar-refractivity contribution in [1.29, 1.82) is 0 Å². The van der Waals surface area contributed by atoms with Crippen LogP contribution in [0.1, 0.15) is 38.2 Å². The molecule has 2 heteroatoms. The Morgan fingerprint density at radius 2 is 2.00 bits per heavy atom. The summed E-state index contributed by atoms with van der Waals surface area (Å²) in [5.74, 6) is 0. The Morgan fingerprint density at radius 3 is 2.67 bits per heavy atom. The van der Waals surface area contributed by atoms with Crippen LogP contribution in [0.4, 0.5) is 5.69 Å². The standard InChI is InChI=1S/C13H20BrN/c1-3-4-5-6-9-15-13-8-7-11(2)10-12(13)14/h7-8,10,15H,3-6,9H2,1-2H3. The first-order chi connectivity index (χ1) is 7.24. The zero-order chi connectivity index (χ0) is 11.1. The first-order valence-electron chi connectivity index (χ1n) is 5.74. The summed E-state index contributed by atoms with van der Waals surface area (Å²) in [5, 5.41) is 3.45. The summed E-state index contributed by atoms with van der Waals surface area (Å²) in [4.78, 5) is 0. The number of anilines is 1. The zero-order valence-corrected chi connectivity index (χ0v) is 11.2. The van der Waals surface area contributed by atoms with Gasteiger partial charge in [-0.05, 0) is 47.0 Å². The molecule has 1 nitrogen and oxygen atoms in total. The maximum atomic E-state index is 3.57. The Bertz CT molecular complexity index is 297. The molecule has 1 rings (SSSR count). The van der Waals surface area contributed by atoms with Crippen molar-refractivity contribution < 1.29 is 0 Å². The van der Waals surface area contributed by atoms with Crippen LogP contribution in [-0.2, 0) is 0 Å². The van der Waals surface area contributed by atoms with Crippen molar-refractivity contribution in [2.24, 2.45) is 0 Å². The van der Waals surface area contributed by atoms with Crippen molar-refractivity contribution in [3.05, 3.63) is 28.2 Å². The highest BCUT2D eigenvalue weighted by Crippen LogP contribution is 2.23. The van der Waals surface area contributed by atoms with E-state index in [1.165, 1.54) is 36.9 Å². The molecule has 0 saturated heterocycles. The highest BCUT2D eigenvalue weighted by molar-refractivity contribution is 9.10. The van der Waals surface area contributed by atoms with Gasteiger partial charge in [-0.15, -0.1) is 0 Å². The van der Waals surface area contributed by atoms with E-state index >= 15 is 0 Å². The molecule has 0 atom stereocenters. The fourth-order valence-electron chi connectivity index (χ4n) is 1.54. The minimum absolute atomic E-state index is 1.07. The lowest BCUT2D eigenvalue weighted by Crippen LogP contribution is -2.01. The molecule has 0 heterocycles. The van der Waals surface area contributed by atoms with Gasteiger partial charge in [0.1, 0.15) is 0 Å². The molecule has 0 amide bonds. The van der Waals surface area contributed by atoms with Crippen LogP contribution in [0.25, 0.3) is 0 Å². The Hall–Kier alpha value is -0.500. The molecule has 0 aromatic heterocycles. The molecule has 0 aliphatic rings. The third-order valence-corrected chi connectivity index (χ3v) is 3.13. The minimum atomic E-state index is 1.07. The number of benzene rings is 1. The van der Waals surface area contributed by atoms with E-state index in [9.17, 15) is 0 Å². The molecule has 0 unspecified atom stereocenters. The Balaban J connectivity index is 2.31. The SMILES string of the molecule is CCCCCCNc1ccc(C)cc1Br. The predicted molar refractivity (Wildman–Crippen MR) is 71.5 cm³/mol. The average Bonchev–Trinajstić information content (AvgIpc) is 2.20. The molecule has 84 valence electrons. The highest BCUT2D eigenvalue weighted by Gasteiger charge is 1.98. The molecule has 1 N–H and O–H groups in total. The number of unbranched alkanes of at least 4 members (excludes halogenated alkanes) is 3. The van der Waals surface area contributed by atoms with Gasteiger partial charge in [-0.3, -0.25) is 0 Å². The monoisotopic (exact) mass is 269 g/mol. The number of hydrogen-bond acceptors (Lipinski definition) is 1. The van der Waals surface area contributed by atoms with Gasteiger partial charge in [-0.25, -0.2) is 0 Å². The Labute approximate surface area is 101 Å². The maximum absolute atomic E-state index is 3.57. The fourth-order valence-corrected chi connectivity index (χ4v) is 2.17. The van der Waals surface area contributed by atoms with E-state index in [2.05, 4.69) is 53.3 Å². The second-order valence-electron chi connectivity index (χ2n) is 3.97. The van der Waals surface area contributed by atoms with E-state index < -0.39 is 0 Å². The van der Waals surface area contributed by atoms with Gasteiger partial charge in [0.05, 0.1) is 0 Å². The summed E-state index contributed by atoms with van der Waals surface area (Å²) >= 11 is 3.57. The molecule has 0 spiro atoms. The Kier molecular flexibility index (Phi) is 5.77. The fraction of sp³-hybridized carbons (Fsp3) is 0.538. The summed E-state index contributed by atoms with van der Waals surface area (Å²) in [5.41, 5.74) is 2.50. The quantitative estimate of drug-likeness (QED) is 0.735. The maximum Gasteiger partial charge on any atom is 0.0484 e. The van der Waals surface area contributed by atoms with Crippen LogP contribution in [0, 0.1) is 6.92 Å². The van der Waals surface area contributed by atoms with Crippen LogP contribution in [0.3, 0.4) is 0 Å². The normalized spacial score (nSPS) is 10.3. The number of halogens is 1. The van der Waals surface area contributed by atoms with Crippen LogP contribution in [0.5, 0.6) is 0 Å². The molecule has 0 aliphatic carbocycles. The van der Waals surface area contributed by atoms with Crippen LogP contribution in [0.2, 0.25) is 0 Å². The lowest BCUT2D eigenvalue weighted by atomic mass is 10.2. The first kappa shape index (κ1) is 12.6. The molecular formula is C13H20BrN. The topological polar surface area (TPSA) is 12.0 Å². The molecule has 15 heavy (non-hydrogen) atoms. The molecule has 0 bridgehead atoms. The van der Waals surface area contributed by atoms with Crippen molar-refractivity contribution in [3.8, 4) is 0 Å². The molecule has 1 aromatic carbocycles. The first-order valence-corrected chi connectivity index (χ1v) is 6.53. The van der Waals surface area contributed by atoms with E-state index in [4.69, 9.17) is 0 Å². The van der Waals surface area contributed by atoms with Crippen molar-refractivity contribution in [3.63, 3.8) is 0 Å². The lowest BCUT2D eigenvalue weighted by Gasteiger charge is -2.08. The summed E-state index contributed by atoms with van der Waals surface area (Å²) < 4.78 is 1.16. The highest BCUT2D eigenvalue weighted by atomic mass is 79.9. The number of rotatable bonds is 6. The molecule has 0 radical (unpaired) electrons. The Morgan fingerprint density at radius 1 is 1.20 bits per heavy atom. The number of aryl methyl sites for hydroxylation is 1. The smallest absolute Gasteiger partial charge is 0.0484 e. The van der Waals surface area contributed by atoms with Crippen LogP contribution >= 0.6 is 15.9 Å². The van der Waals surface area contributed by atoms with Crippen molar-refractivity contribution >= 4 is 21.6 Å². The van der Waals surface area contributed by atoms with Gasteiger partial charge in [-0.2, -0.15) is 0 Å². The third kappa shape index (κ3) is 4.70. The van der Waals surface area contributed by atoms with Gasteiger partial charge in [0.25, 0.3) is 0 Å². The van der Waals surface area contributed by atoms with Gasteiger partial charge in [0, 0.05) is 16.7 Å². The van der Waals surface area contributed by atoms with Crippen molar-refractivity contribution in [2.75, 3.05) is 11.9 Å². The van der Waals surface area contributed by atoms with Crippen molar-refractivity contribution in [2.45, 2.75) is 39.5 Å². The van der Waals surface area contributed by atoms with E-state index in [0.717, 1.165) is 11.0 Å². The second kappa shape index (κ2) is 6.89. The summed E-state index contributed by atoms with van der Waals surface area (Å²) in [6.07, 6.45) is 5.23. The molecule has 0 aliphatic heterocycles. The molecule has 0 fully saturated rings. The van der Waals surface area contributed by atoms with Crippen LogP contribution in [-0.4, -0.2) is 6.54 Å². The van der Waals surface area contributed by atoms with Crippen molar-refractivity contribution in [1.82, 2.24) is 0 Å². The molecule has 1 aromatic rings. The van der Waals surface area contributed by atoms with E-state index in [1.807, 2.05) is 0 Å². The average molecular weight is 270 g/mol. The van der Waals surface area contributed by atoms with Gasteiger partial charge in [0.2, 0.25) is 0 Å². The number of nitrogens with one attached hydrogen (secondary N) is 1. The van der Waals surface area contributed by atoms with Gasteiger partial charge in [0.15, 0.2) is 0 Å². The minimum Gasteiger partial charge on any atom is -0.384 e. The van der Waals surface area contributed by atoms with Gasteiger partial charge < -0.3 is 5.32 Å². The second-order valence-corrected chi connectivity index (χ2v) is 4.83. The van der Waals surface area contributed by atoms with Crippen LogP contribution in [0.15, 0.2) is 22.7 Å². The van der Waals surface area contributed by atoms with E-state index in [0.29, 0.717) is 0 Å². The summed E-state index contributed by atoms with van der Waals surface area (Å²) in [7, 11) is 0. The lowest BCUT2D eigenvalue weighted by molar-refractivity contribution is 0.685. The largest absolute Gasteiger partial charge is 0.384 e. The third-order valence-electron chi connectivity index (χ3n) is 2.47. The number of hydrogen-bond donors (Lipinski definition) is 1. The van der Waals surface area contributed by atoms with Gasteiger partial charge in [-0.1, -0.05) is 32.3 Å².